The third kappa shape index (κ3) is 3.80. The smallest absolute Gasteiger partial charge is 0.249 e. The van der Waals surface area contributed by atoms with E-state index in [-0.39, 0.29) is 5.91 Å². The van der Waals surface area contributed by atoms with Gasteiger partial charge < -0.3 is 10.2 Å². The van der Waals surface area contributed by atoms with Gasteiger partial charge in [0.15, 0.2) is 5.65 Å². The van der Waals surface area contributed by atoms with E-state index in [1.54, 1.807) is 23.4 Å². The number of nitrogens with one attached hydrogen (secondary N) is 2. The first-order valence-corrected chi connectivity index (χ1v) is 8.08. The van der Waals surface area contributed by atoms with Crippen molar-refractivity contribution >= 4 is 34.2 Å². The molecule has 0 fully saturated rings. The molecule has 0 aliphatic rings. The number of anilines is 1. The first kappa shape index (κ1) is 17.0. The molecule has 0 radical (unpaired) electrons. The van der Waals surface area contributed by atoms with E-state index in [1.165, 1.54) is 6.08 Å². The number of pyridine rings is 1. The Balaban J connectivity index is 1.92. The molecule has 2 N–H and O–H groups in total. The summed E-state index contributed by atoms with van der Waals surface area (Å²) < 4.78 is 0. The molecule has 0 spiro atoms. The maximum absolute atomic E-state index is 12.0. The second-order valence-electron chi connectivity index (χ2n) is 5.89. The van der Waals surface area contributed by atoms with Gasteiger partial charge in [-0.3, -0.25) is 9.89 Å². The van der Waals surface area contributed by atoms with E-state index in [2.05, 4.69) is 20.5 Å². The molecule has 6 nitrogen and oxygen atoms in total. The summed E-state index contributed by atoms with van der Waals surface area (Å²) in [5.41, 5.74) is 4.02. The van der Waals surface area contributed by atoms with Crippen molar-refractivity contribution in [2.75, 3.05) is 19.4 Å². The zero-order valence-electron chi connectivity index (χ0n) is 14.2. The molecule has 1 aromatic carbocycles. The number of benzene rings is 1. The van der Waals surface area contributed by atoms with Crippen molar-refractivity contribution in [1.82, 2.24) is 20.1 Å². The van der Waals surface area contributed by atoms with Gasteiger partial charge in [-0.15, -0.1) is 0 Å². The van der Waals surface area contributed by atoms with Gasteiger partial charge in [-0.05, 0) is 30.7 Å². The first-order chi connectivity index (χ1) is 11.9. The van der Waals surface area contributed by atoms with Crippen LogP contribution in [0.3, 0.4) is 0 Å². The Morgan fingerprint density at radius 1 is 1.28 bits per heavy atom. The molecule has 0 atom stereocenters. The van der Waals surface area contributed by atoms with Crippen LogP contribution in [0.15, 0.2) is 42.7 Å². The fraction of sp³-hybridized carbons (Fsp3) is 0.167. The van der Waals surface area contributed by atoms with Gasteiger partial charge in [-0.1, -0.05) is 17.7 Å². The molecule has 0 aliphatic heterocycles. The number of fused-ring (bicyclic) bond motifs is 1. The molecule has 3 rings (SSSR count). The predicted molar refractivity (Wildman–Crippen MR) is 101 cm³/mol. The van der Waals surface area contributed by atoms with Crippen molar-refractivity contribution in [2.45, 2.75) is 6.92 Å². The van der Waals surface area contributed by atoms with Crippen molar-refractivity contribution in [3.63, 3.8) is 0 Å². The maximum Gasteiger partial charge on any atom is 0.249 e. The largest absolute Gasteiger partial charge is 0.383 e. The van der Waals surface area contributed by atoms with Crippen molar-refractivity contribution in [3.05, 3.63) is 53.5 Å². The zero-order valence-corrected chi connectivity index (χ0v) is 14.9. The lowest BCUT2D eigenvalue weighted by atomic mass is 10.1. The van der Waals surface area contributed by atoms with Crippen molar-refractivity contribution in [2.24, 2.45) is 0 Å². The molecule has 25 heavy (non-hydrogen) atoms. The van der Waals surface area contributed by atoms with Crippen LogP contribution in [-0.2, 0) is 4.79 Å². The lowest BCUT2D eigenvalue weighted by Crippen LogP contribution is -2.10. The molecule has 0 saturated heterocycles. The highest BCUT2D eigenvalue weighted by Crippen LogP contribution is 2.30. The summed E-state index contributed by atoms with van der Waals surface area (Å²) >= 11 is 6.21. The molecule has 7 heteroatoms. The number of carbonyl (C=O) groups is 1. The number of nitrogens with zero attached hydrogens (tertiary/aromatic N) is 3. The Labute approximate surface area is 150 Å². The summed E-state index contributed by atoms with van der Waals surface area (Å²) in [4.78, 5) is 18.2. The van der Waals surface area contributed by atoms with Crippen LogP contribution in [0.4, 0.5) is 5.69 Å². The summed E-state index contributed by atoms with van der Waals surface area (Å²) in [5.74, 6) is -0.244. The van der Waals surface area contributed by atoms with E-state index in [0.717, 1.165) is 27.9 Å². The summed E-state index contributed by atoms with van der Waals surface area (Å²) in [7, 11) is 3.69. The van der Waals surface area contributed by atoms with Gasteiger partial charge in [0.05, 0.1) is 16.4 Å². The first-order valence-electron chi connectivity index (χ1n) is 7.70. The number of aromatic amines is 1. The molecule has 0 bridgehead atoms. The number of aryl methyl sites for hydroxylation is 1. The molecule has 0 aliphatic carbocycles. The Morgan fingerprint density at radius 2 is 2.08 bits per heavy atom. The Kier molecular flexibility index (Phi) is 4.72. The monoisotopic (exact) mass is 355 g/mol. The molecule has 128 valence electrons. The average Bonchev–Trinajstić information content (AvgIpc) is 2.96. The van der Waals surface area contributed by atoms with Gasteiger partial charge >= 0.3 is 0 Å². The predicted octanol–water partition coefficient (Wildman–Crippen LogP) is 3.60. The minimum Gasteiger partial charge on any atom is -0.383 e. The number of hydrogen-bond donors (Lipinski definition) is 2. The Hall–Kier alpha value is -2.86. The SMILES string of the molecule is Cc1n[nH]c2ncc(-c3ccc(Cl)c(NC(=O)C=CN(C)C)c3)cc12. The lowest BCUT2D eigenvalue weighted by Gasteiger charge is -2.09. The van der Waals surface area contributed by atoms with Crippen LogP contribution in [0.1, 0.15) is 5.69 Å². The summed E-state index contributed by atoms with van der Waals surface area (Å²) in [6, 6.07) is 7.50. The van der Waals surface area contributed by atoms with E-state index in [9.17, 15) is 4.79 Å². The van der Waals surface area contributed by atoms with Crippen LogP contribution in [-0.4, -0.2) is 40.1 Å². The second kappa shape index (κ2) is 6.94. The van der Waals surface area contributed by atoms with Crippen LogP contribution < -0.4 is 5.32 Å². The van der Waals surface area contributed by atoms with Gasteiger partial charge in [0.2, 0.25) is 5.91 Å². The van der Waals surface area contributed by atoms with E-state index in [0.29, 0.717) is 10.7 Å². The van der Waals surface area contributed by atoms with Gasteiger partial charge in [0, 0.05) is 43.5 Å². The molecule has 0 unspecified atom stereocenters. The Bertz CT molecular complexity index is 961. The molecule has 0 saturated carbocycles. The summed E-state index contributed by atoms with van der Waals surface area (Å²) in [5, 5.41) is 11.3. The number of carbonyl (C=O) groups excluding carboxylic acids is 1. The molecular formula is C18H18ClN5O. The number of rotatable bonds is 4. The standard InChI is InChI=1S/C18H18ClN5O/c1-11-14-8-13(10-20-18(14)23-22-11)12-4-5-15(19)16(9-12)21-17(25)6-7-24(2)3/h4-10H,1-3H3,(H,21,25)(H,20,22,23). The third-order valence-corrected chi connectivity index (χ3v) is 4.02. The fourth-order valence-electron chi connectivity index (χ4n) is 2.38. The van der Waals surface area contributed by atoms with E-state index < -0.39 is 0 Å². The number of halogens is 1. The van der Waals surface area contributed by atoms with Gasteiger partial charge in [0.25, 0.3) is 0 Å². The second-order valence-corrected chi connectivity index (χ2v) is 6.30. The van der Waals surface area contributed by atoms with Crippen LogP contribution in [0, 0.1) is 6.92 Å². The minimum atomic E-state index is -0.244. The van der Waals surface area contributed by atoms with Crippen molar-refractivity contribution in [3.8, 4) is 11.1 Å². The van der Waals surface area contributed by atoms with Gasteiger partial charge in [-0.2, -0.15) is 5.10 Å². The third-order valence-electron chi connectivity index (χ3n) is 3.69. The summed E-state index contributed by atoms with van der Waals surface area (Å²) in [6.07, 6.45) is 4.89. The quantitative estimate of drug-likeness (QED) is 0.701. The summed E-state index contributed by atoms with van der Waals surface area (Å²) in [6.45, 7) is 1.93. The van der Waals surface area contributed by atoms with Crippen LogP contribution in [0.2, 0.25) is 5.02 Å². The molecular weight excluding hydrogens is 338 g/mol. The number of H-pyrrole nitrogens is 1. The number of aromatic nitrogens is 3. The van der Waals surface area contributed by atoms with E-state index in [4.69, 9.17) is 11.6 Å². The highest BCUT2D eigenvalue weighted by Gasteiger charge is 2.09. The zero-order chi connectivity index (χ0) is 18.0. The van der Waals surface area contributed by atoms with Crippen molar-refractivity contribution in [1.29, 1.82) is 0 Å². The van der Waals surface area contributed by atoms with Gasteiger partial charge in [0.1, 0.15) is 0 Å². The molecule has 3 aromatic rings. The van der Waals surface area contributed by atoms with E-state index >= 15 is 0 Å². The number of amides is 1. The molecule has 2 aromatic heterocycles. The van der Waals surface area contributed by atoms with Crippen LogP contribution >= 0.6 is 11.6 Å². The minimum absolute atomic E-state index is 0.244. The maximum atomic E-state index is 12.0. The van der Waals surface area contributed by atoms with Crippen LogP contribution in [0.5, 0.6) is 0 Å². The van der Waals surface area contributed by atoms with E-state index in [1.807, 2.05) is 39.2 Å². The van der Waals surface area contributed by atoms with Crippen molar-refractivity contribution < 1.29 is 4.79 Å². The van der Waals surface area contributed by atoms with Gasteiger partial charge in [-0.25, -0.2) is 4.98 Å². The topological polar surface area (TPSA) is 73.9 Å². The normalized spacial score (nSPS) is 11.2. The molecule has 1 amide bonds. The molecule has 2 heterocycles. The highest BCUT2D eigenvalue weighted by molar-refractivity contribution is 6.34. The number of hydrogen-bond acceptors (Lipinski definition) is 4. The van der Waals surface area contributed by atoms with Crippen LogP contribution in [0.25, 0.3) is 22.2 Å². The average molecular weight is 356 g/mol. The highest BCUT2D eigenvalue weighted by atomic mass is 35.5. The fourth-order valence-corrected chi connectivity index (χ4v) is 2.54. The lowest BCUT2D eigenvalue weighted by molar-refractivity contribution is -0.112. The Morgan fingerprint density at radius 3 is 2.84 bits per heavy atom.